The number of amides is 6. The fourth-order valence-corrected chi connectivity index (χ4v) is 4.13. The molecule has 2 aromatic rings. The van der Waals surface area contributed by atoms with Crippen molar-refractivity contribution in [3.63, 3.8) is 0 Å². The highest BCUT2D eigenvalue weighted by molar-refractivity contribution is 7.90. The van der Waals surface area contributed by atoms with Gasteiger partial charge in [0, 0.05) is 11.4 Å². The Kier molecular flexibility index (Phi) is 7.57. The molecule has 0 spiro atoms. The number of nitrogens with one attached hydrogen (secondary N) is 4. The number of hydrogen-bond donors (Lipinski definition) is 6. The van der Waals surface area contributed by atoms with Crippen LogP contribution in [0.2, 0.25) is 0 Å². The molecule has 176 valence electrons. The molecule has 8 N–H and O–H groups in total. The van der Waals surface area contributed by atoms with Crippen molar-refractivity contribution in [1.29, 1.82) is 0 Å². The Morgan fingerprint density at radius 3 is 1.18 bits per heavy atom. The standard InChI is InChI=1S/C17H18N6O8S2/c18-16(26)22-32(28,29)12-5-1-10(2-6-12)20-14(24)9-15(25)21-11-3-7-13(8-4-11)33(30,31)23-17(19)27/h1-8H,9H2,(H,20,24)(H,21,25)(H3,18,22,26)(H3,19,23,27). The van der Waals surface area contributed by atoms with Crippen molar-refractivity contribution in [2.45, 2.75) is 16.2 Å². The summed E-state index contributed by atoms with van der Waals surface area (Å²) in [7, 11) is -8.29. The van der Waals surface area contributed by atoms with Crippen molar-refractivity contribution in [1.82, 2.24) is 9.44 Å². The minimum absolute atomic E-state index is 0.183. The molecule has 0 saturated heterocycles. The molecule has 0 aromatic heterocycles. The quantitative estimate of drug-likeness (QED) is 0.255. The van der Waals surface area contributed by atoms with E-state index < -0.39 is 50.3 Å². The molecule has 0 aliphatic rings. The van der Waals surface area contributed by atoms with Crippen molar-refractivity contribution >= 4 is 55.3 Å². The number of urea groups is 2. The Morgan fingerprint density at radius 1 is 0.606 bits per heavy atom. The van der Waals surface area contributed by atoms with E-state index in [0.29, 0.717) is 0 Å². The third kappa shape index (κ3) is 7.47. The molecular formula is C17H18N6O8S2. The molecule has 0 atom stereocenters. The summed E-state index contributed by atoms with van der Waals surface area (Å²) in [5.74, 6) is -1.44. The number of sulfonamides is 2. The van der Waals surface area contributed by atoms with Gasteiger partial charge in [-0.05, 0) is 48.5 Å². The van der Waals surface area contributed by atoms with E-state index in [-0.39, 0.29) is 21.2 Å². The lowest BCUT2D eigenvalue weighted by Crippen LogP contribution is -2.34. The average Bonchev–Trinajstić information content (AvgIpc) is 2.66. The zero-order valence-corrected chi connectivity index (χ0v) is 18.2. The van der Waals surface area contributed by atoms with Gasteiger partial charge in [0.15, 0.2) is 0 Å². The highest BCUT2D eigenvalue weighted by Crippen LogP contribution is 2.16. The summed E-state index contributed by atoms with van der Waals surface area (Å²) in [6.45, 7) is 0. The summed E-state index contributed by atoms with van der Waals surface area (Å²) in [6.07, 6.45) is -0.605. The largest absolute Gasteiger partial charge is 0.351 e. The molecule has 0 radical (unpaired) electrons. The molecule has 0 heterocycles. The molecule has 0 fully saturated rings. The highest BCUT2D eigenvalue weighted by atomic mass is 32.2. The first kappa shape index (κ1) is 25.1. The van der Waals surface area contributed by atoms with Crippen LogP contribution in [0.3, 0.4) is 0 Å². The number of primary amides is 2. The zero-order chi connectivity index (χ0) is 24.8. The molecule has 6 amide bonds. The predicted octanol–water partition coefficient (Wildman–Crippen LogP) is -0.632. The second-order valence-corrected chi connectivity index (χ2v) is 9.63. The summed E-state index contributed by atoms with van der Waals surface area (Å²) >= 11 is 0. The number of anilines is 2. The van der Waals surface area contributed by atoms with Gasteiger partial charge >= 0.3 is 12.1 Å². The molecular weight excluding hydrogens is 480 g/mol. The maximum atomic E-state index is 12.0. The van der Waals surface area contributed by atoms with E-state index in [1.54, 1.807) is 9.44 Å². The van der Waals surface area contributed by atoms with Gasteiger partial charge in [-0.15, -0.1) is 0 Å². The summed E-state index contributed by atoms with van der Waals surface area (Å²) < 4.78 is 50.4. The number of rotatable bonds is 8. The van der Waals surface area contributed by atoms with Crippen LogP contribution >= 0.6 is 0 Å². The summed E-state index contributed by atoms with van der Waals surface area (Å²) in [6, 6.07) is 6.92. The fraction of sp³-hybridized carbons (Fsp3) is 0.0588. The minimum atomic E-state index is -4.14. The first-order valence-electron chi connectivity index (χ1n) is 8.73. The molecule has 33 heavy (non-hydrogen) atoms. The van der Waals surface area contributed by atoms with E-state index in [4.69, 9.17) is 11.5 Å². The number of nitrogens with two attached hydrogens (primary N) is 2. The van der Waals surface area contributed by atoms with Gasteiger partial charge < -0.3 is 22.1 Å². The molecule has 2 rings (SSSR count). The lowest BCUT2D eigenvalue weighted by molar-refractivity contribution is -0.123. The van der Waals surface area contributed by atoms with Gasteiger partial charge in [-0.25, -0.2) is 35.9 Å². The lowest BCUT2D eigenvalue weighted by Gasteiger charge is -2.09. The van der Waals surface area contributed by atoms with Crippen molar-refractivity contribution in [2.24, 2.45) is 11.5 Å². The average molecular weight is 498 g/mol. The SMILES string of the molecule is NC(=O)NS(=O)(=O)c1ccc(NC(=O)CC(=O)Nc2ccc(S(=O)(=O)NC(N)=O)cc2)cc1. The second-order valence-electron chi connectivity index (χ2n) is 6.26. The van der Waals surface area contributed by atoms with E-state index in [0.717, 1.165) is 24.3 Å². The Labute approximate surface area is 187 Å². The molecule has 0 unspecified atom stereocenters. The molecule has 2 aromatic carbocycles. The van der Waals surface area contributed by atoms with E-state index in [9.17, 15) is 36.0 Å². The van der Waals surface area contributed by atoms with Crippen LogP contribution in [0.5, 0.6) is 0 Å². The summed E-state index contributed by atoms with van der Waals surface area (Å²) in [5.41, 5.74) is 9.94. The van der Waals surface area contributed by atoms with E-state index >= 15 is 0 Å². The third-order valence-corrected chi connectivity index (χ3v) is 6.41. The van der Waals surface area contributed by atoms with Gasteiger partial charge in [0.2, 0.25) is 11.8 Å². The maximum Gasteiger partial charge on any atom is 0.326 e. The Balaban J connectivity index is 1.94. The molecule has 0 aliphatic carbocycles. The van der Waals surface area contributed by atoms with Crippen LogP contribution in [-0.2, 0) is 29.6 Å². The van der Waals surface area contributed by atoms with Gasteiger partial charge in [0.25, 0.3) is 20.0 Å². The smallest absolute Gasteiger partial charge is 0.326 e. The number of benzene rings is 2. The van der Waals surface area contributed by atoms with E-state index in [2.05, 4.69) is 10.6 Å². The van der Waals surface area contributed by atoms with Gasteiger partial charge in [0.05, 0.1) is 9.79 Å². The Hall–Kier alpha value is -4.18. The number of hydrogen-bond acceptors (Lipinski definition) is 8. The fourth-order valence-electron chi connectivity index (χ4n) is 2.37. The van der Waals surface area contributed by atoms with Crippen LogP contribution in [-0.4, -0.2) is 40.7 Å². The van der Waals surface area contributed by atoms with Crippen LogP contribution in [0.15, 0.2) is 58.3 Å². The molecule has 0 aliphatic heterocycles. The Bertz CT molecular complexity index is 1190. The summed E-state index contributed by atoms with van der Waals surface area (Å²) in [5, 5.41) is 4.77. The van der Waals surface area contributed by atoms with Crippen molar-refractivity contribution < 1.29 is 36.0 Å². The third-order valence-electron chi connectivity index (χ3n) is 3.69. The van der Waals surface area contributed by atoms with Crippen LogP contribution < -0.4 is 31.5 Å². The first-order chi connectivity index (χ1) is 15.3. The van der Waals surface area contributed by atoms with Crippen molar-refractivity contribution in [3.05, 3.63) is 48.5 Å². The monoisotopic (exact) mass is 498 g/mol. The summed E-state index contributed by atoms with van der Waals surface area (Å²) in [4.78, 5) is 45.0. The first-order valence-corrected chi connectivity index (χ1v) is 11.7. The van der Waals surface area contributed by atoms with E-state index in [1.165, 1.54) is 24.3 Å². The molecule has 14 nitrogen and oxygen atoms in total. The van der Waals surface area contributed by atoms with Crippen molar-refractivity contribution in [3.8, 4) is 0 Å². The maximum absolute atomic E-state index is 12.0. The molecule has 0 saturated carbocycles. The van der Waals surface area contributed by atoms with Gasteiger partial charge in [-0.3, -0.25) is 9.59 Å². The van der Waals surface area contributed by atoms with Gasteiger partial charge in [-0.1, -0.05) is 0 Å². The van der Waals surface area contributed by atoms with Crippen LogP contribution in [0, 0.1) is 0 Å². The number of carbonyl (C=O) groups is 4. The van der Waals surface area contributed by atoms with Crippen molar-refractivity contribution in [2.75, 3.05) is 10.6 Å². The minimum Gasteiger partial charge on any atom is -0.351 e. The van der Waals surface area contributed by atoms with Gasteiger partial charge in [0.1, 0.15) is 6.42 Å². The Morgan fingerprint density at radius 2 is 0.909 bits per heavy atom. The lowest BCUT2D eigenvalue weighted by atomic mass is 10.3. The second kappa shape index (κ2) is 9.96. The number of carbonyl (C=O) groups excluding carboxylic acids is 4. The van der Waals surface area contributed by atoms with Crippen LogP contribution in [0.4, 0.5) is 21.0 Å². The zero-order valence-electron chi connectivity index (χ0n) is 16.6. The molecule has 0 bridgehead atoms. The van der Waals surface area contributed by atoms with Crippen LogP contribution in [0.25, 0.3) is 0 Å². The van der Waals surface area contributed by atoms with Gasteiger partial charge in [-0.2, -0.15) is 0 Å². The topological polar surface area (TPSA) is 237 Å². The highest BCUT2D eigenvalue weighted by Gasteiger charge is 2.17. The molecule has 16 heteroatoms. The normalized spacial score (nSPS) is 11.2. The van der Waals surface area contributed by atoms with Crippen LogP contribution in [0.1, 0.15) is 6.42 Å². The predicted molar refractivity (Wildman–Crippen MR) is 115 cm³/mol. The van der Waals surface area contributed by atoms with E-state index in [1.807, 2.05) is 0 Å².